The second-order valence-electron chi connectivity index (χ2n) is 4.37. The number of carbonyl (C=O) groups excluding carboxylic acids is 2. The van der Waals surface area contributed by atoms with Gasteiger partial charge in [0.25, 0.3) is 0 Å². The third-order valence-electron chi connectivity index (χ3n) is 2.95. The van der Waals surface area contributed by atoms with Gasteiger partial charge in [0, 0.05) is 24.9 Å². The second-order valence-corrected chi connectivity index (χ2v) is 6.17. The summed E-state index contributed by atoms with van der Waals surface area (Å²) in [5, 5.41) is 0. The van der Waals surface area contributed by atoms with Gasteiger partial charge in [-0.1, -0.05) is 11.6 Å². The van der Waals surface area contributed by atoms with Crippen LogP contribution in [-0.2, 0) is 16.1 Å². The van der Waals surface area contributed by atoms with Crippen LogP contribution in [0.3, 0.4) is 0 Å². The van der Waals surface area contributed by atoms with Crippen LogP contribution in [-0.4, -0.2) is 41.8 Å². The maximum Gasteiger partial charge on any atom is 0.242 e. The molecule has 18 heavy (non-hydrogen) atoms. The normalized spacial score (nSPS) is 15.2. The number of carbonyl (C=O) groups is 2. The smallest absolute Gasteiger partial charge is 0.242 e. The highest BCUT2D eigenvalue weighted by Crippen LogP contribution is 2.22. The van der Waals surface area contributed by atoms with Crippen molar-refractivity contribution in [1.82, 2.24) is 9.80 Å². The van der Waals surface area contributed by atoms with Crippen LogP contribution in [0.2, 0.25) is 4.34 Å². The molecule has 1 aromatic heterocycles. The van der Waals surface area contributed by atoms with Crippen LogP contribution in [0, 0.1) is 0 Å². The van der Waals surface area contributed by atoms with E-state index in [1.54, 1.807) is 16.8 Å². The Labute approximate surface area is 115 Å². The molecule has 1 fully saturated rings. The minimum absolute atomic E-state index is 0.0326. The summed E-state index contributed by atoms with van der Waals surface area (Å²) in [5.74, 6) is 0.0469. The first-order valence-corrected chi connectivity index (χ1v) is 7.01. The van der Waals surface area contributed by atoms with Gasteiger partial charge < -0.3 is 9.80 Å². The summed E-state index contributed by atoms with van der Waals surface area (Å²) < 4.78 is 0.723. The number of halogens is 1. The third-order valence-corrected chi connectivity index (χ3v) is 4.16. The Morgan fingerprint density at radius 1 is 1.56 bits per heavy atom. The molecule has 0 aliphatic carbocycles. The lowest BCUT2D eigenvalue weighted by Crippen LogP contribution is -2.38. The number of rotatable bonds is 4. The molecule has 0 aromatic carbocycles. The molecule has 0 unspecified atom stereocenters. The first kappa shape index (κ1) is 13.4. The van der Waals surface area contributed by atoms with Crippen molar-refractivity contribution in [2.24, 2.45) is 0 Å². The summed E-state index contributed by atoms with van der Waals surface area (Å²) in [6.07, 6.45) is 1.42. The molecular formula is C12H15ClN2O2S. The van der Waals surface area contributed by atoms with Gasteiger partial charge in [0.2, 0.25) is 11.8 Å². The summed E-state index contributed by atoms with van der Waals surface area (Å²) in [7, 11) is 1.75. The quantitative estimate of drug-likeness (QED) is 0.849. The Hall–Kier alpha value is -1.07. The molecule has 0 atom stereocenters. The molecule has 2 amide bonds. The molecule has 2 rings (SSSR count). The minimum Gasteiger partial charge on any atom is -0.339 e. The van der Waals surface area contributed by atoms with Crippen molar-refractivity contribution in [3.8, 4) is 0 Å². The van der Waals surface area contributed by atoms with E-state index in [1.165, 1.54) is 11.3 Å². The van der Waals surface area contributed by atoms with Gasteiger partial charge in [0.1, 0.15) is 0 Å². The molecule has 2 heterocycles. The van der Waals surface area contributed by atoms with Crippen LogP contribution in [0.1, 0.15) is 17.7 Å². The van der Waals surface area contributed by atoms with Crippen molar-refractivity contribution in [2.75, 3.05) is 20.1 Å². The van der Waals surface area contributed by atoms with E-state index in [2.05, 4.69) is 0 Å². The molecule has 0 bridgehead atoms. The van der Waals surface area contributed by atoms with E-state index in [0.717, 1.165) is 15.6 Å². The second kappa shape index (κ2) is 5.71. The van der Waals surface area contributed by atoms with E-state index in [9.17, 15) is 9.59 Å². The van der Waals surface area contributed by atoms with Crippen molar-refractivity contribution in [1.29, 1.82) is 0 Å². The van der Waals surface area contributed by atoms with Gasteiger partial charge in [-0.15, -0.1) is 11.3 Å². The van der Waals surface area contributed by atoms with Gasteiger partial charge in [-0.25, -0.2) is 0 Å². The Bertz CT molecular complexity index is 461. The summed E-state index contributed by atoms with van der Waals surface area (Å²) in [5.41, 5.74) is 0. The first-order chi connectivity index (χ1) is 8.56. The number of thiophene rings is 1. The molecule has 1 aliphatic heterocycles. The van der Waals surface area contributed by atoms with E-state index in [-0.39, 0.29) is 18.4 Å². The molecule has 1 aromatic rings. The number of likely N-dealkylation sites (tertiary alicyclic amines) is 1. The first-order valence-electron chi connectivity index (χ1n) is 5.82. The van der Waals surface area contributed by atoms with Crippen molar-refractivity contribution < 1.29 is 9.59 Å². The lowest BCUT2D eigenvalue weighted by atomic mass is 10.4. The lowest BCUT2D eigenvalue weighted by molar-refractivity contribution is -0.137. The summed E-state index contributed by atoms with van der Waals surface area (Å²) >= 11 is 7.31. The summed E-state index contributed by atoms with van der Waals surface area (Å²) in [6.45, 7) is 1.43. The van der Waals surface area contributed by atoms with Gasteiger partial charge in [-0.3, -0.25) is 9.59 Å². The van der Waals surface area contributed by atoms with Gasteiger partial charge in [-0.2, -0.15) is 0 Å². The Kier molecular flexibility index (Phi) is 4.24. The highest BCUT2D eigenvalue weighted by molar-refractivity contribution is 7.16. The highest BCUT2D eigenvalue weighted by Gasteiger charge is 2.23. The average Bonchev–Trinajstić information content (AvgIpc) is 2.89. The molecule has 0 saturated carbocycles. The zero-order valence-electron chi connectivity index (χ0n) is 10.2. The average molecular weight is 287 g/mol. The summed E-state index contributed by atoms with van der Waals surface area (Å²) in [6, 6.07) is 3.74. The monoisotopic (exact) mass is 286 g/mol. The van der Waals surface area contributed by atoms with Gasteiger partial charge in [-0.05, 0) is 18.6 Å². The maximum atomic E-state index is 12.0. The third kappa shape index (κ3) is 3.23. The molecule has 0 spiro atoms. The minimum atomic E-state index is -0.0326. The lowest BCUT2D eigenvalue weighted by Gasteiger charge is -2.21. The van der Waals surface area contributed by atoms with Gasteiger partial charge in [0.15, 0.2) is 0 Å². The fourth-order valence-electron chi connectivity index (χ4n) is 1.91. The number of amides is 2. The fourth-order valence-corrected chi connectivity index (χ4v) is 3.05. The Balaban J connectivity index is 1.86. The number of likely N-dealkylation sites (N-methyl/N-ethyl adjacent to an activating group) is 1. The highest BCUT2D eigenvalue weighted by atomic mass is 35.5. The number of nitrogens with zero attached hydrogens (tertiary/aromatic N) is 2. The number of hydrogen-bond donors (Lipinski definition) is 0. The largest absolute Gasteiger partial charge is 0.339 e. The van der Waals surface area contributed by atoms with Crippen LogP contribution in [0.25, 0.3) is 0 Å². The molecule has 1 aliphatic rings. The van der Waals surface area contributed by atoms with Crippen LogP contribution < -0.4 is 0 Å². The van der Waals surface area contributed by atoms with Crippen LogP contribution >= 0.6 is 22.9 Å². The zero-order chi connectivity index (χ0) is 13.1. The van der Waals surface area contributed by atoms with Crippen molar-refractivity contribution in [2.45, 2.75) is 19.4 Å². The van der Waals surface area contributed by atoms with Crippen LogP contribution in [0.5, 0.6) is 0 Å². The Morgan fingerprint density at radius 3 is 2.89 bits per heavy atom. The van der Waals surface area contributed by atoms with Crippen molar-refractivity contribution in [3.63, 3.8) is 0 Å². The molecule has 1 saturated heterocycles. The maximum absolute atomic E-state index is 12.0. The van der Waals surface area contributed by atoms with E-state index >= 15 is 0 Å². The van der Waals surface area contributed by atoms with E-state index in [1.807, 2.05) is 12.1 Å². The van der Waals surface area contributed by atoms with Crippen molar-refractivity contribution >= 4 is 34.8 Å². The van der Waals surface area contributed by atoms with Crippen LogP contribution in [0.15, 0.2) is 12.1 Å². The van der Waals surface area contributed by atoms with Gasteiger partial charge >= 0.3 is 0 Å². The molecule has 0 N–H and O–H groups in total. The van der Waals surface area contributed by atoms with E-state index < -0.39 is 0 Å². The van der Waals surface area contributed by atoms with Crippen LogP contribution in [0.4, 0.5) is 0 Å². The molecule has 0 radical (unpaired) electrons. The standard InChI is InChI=1S/C12H15ClN2O2S/c1-14(7-9-4-5-10(13)18-9)12(17)8-15-6-2-3-11(15)16/h4-5H,2-3,6-8H2,1H3. The number of hydrogen-bond acceptors (Lipinski definition) is 3. The fraction of sp³-hybridized carbons (Fsp3) is 0.500. The Morgan fingerprint density at radius 2 is 2.33 bits per heavy atom. The van der Waals surface area contributed by atoms with E-state index in [4.69, 9.17) is 11.6 Å². The topological polar surface area (TPSA) is 40.6 Å². The zero-order valence-corrected chi connectivity index (χ0v) is 11.8. The molecule has 4 nitrogen and oxygen atoms in total. The molecule has 6 heteroatoms. The summed E-state index contributed by atoms with van der Waals surface area (Å²) in [4.78, 5) is 27.7. The van der Waals surface area contributed by atoms with Crippen molar-refractivity contribution in [3.05, 3.63) is 21.3 Å². The SMILES string of the molecule is CN(Cc1ccc(Cl)s1)C(=O)CN1CCCC1=O. The molecule has 98 valence electrons. The predicted octanol–water partition coefficient (Wildman–Crippen LogP) is 1.98. The molecular weight excluding hydrogens is 272 g/mol. The predicted molar refractivity (Wildman–Crippen MR) is 71.6 cm³/mol. The van der Waals surface area contributed by atoms with E-state index in [0.29, 0.717) is 19.5 Å². The van der Waals surface area contributed by atoms with Gasteiger partial charge in [0.05, 0.1) is 17.4 Å².